The topological polar surface area (TPSA) is 90.3 Å². The van der Waals surface area contributed by atoms with Crippen molar-refractivity contribution < 1.29 is 19.6 Å². The van der Waals surface area contributed by atoms with Gasteiger partial charge >= 0.3 is 0 Å². The Balaban J connectivity index is 1.39. The molecule has 0 bridgehead atoms. The predicted molar refractivity (Wildman–Crippen MR) is 129 cm³/mol. The number of oxime groups is 1. The zero-order valence-corrected chi connectivity index (χ0v) is 19.2. The summed E-state index contributed by atoms with van der Waals surface area (Å²) < 4.78 is 0. The lowest BCUT2D eigenvalue weighted by molar-refractivity contribution is -0.112. The van der Waals surface area contributed by atoms with Crippen LogP contribution in [0.25, 0.3) is 11.1 Å². The zero-order valence-electron chi connectivity index (χ0n) is 17.7. The standard InChI is InChI=1S/C25H17Cl2N3O4/c26-15-7-9-16(20(27)13-15)14-6-8-19-21(12-14)29(25(33)22(19)28-34)10-3-11-30-23(31)17-4-1-2-5-18(17)24(30)32/h1-2,4-9,12-13,34H,3,10-11H2/b28-22+. The zero-order chi connectivity index (χ0) is 24.0. The molecule has 1 N–H and O–H groups in total. The van der Waals surface area contributed by atoms with Gasteiger partial charge in [0.2, 0.25) is 0 Å². The van der Waals surface area contributed by atoms with Crippen LogP contribution in [0.5, 0.6) is 0 Å². The Morgan fingerprint density at radius 3 is 2.03 bits per heavy atom. The number of halogens is 2. The second-order valence-corrected chi connectivity index (χ2v) is 8.77. The van der Waals surface area contributed by atoms with Gasteiger partial charge in [0, 0.05) is 34.3 Å². The Bertz CT molecular complexity index is 1370. The Morgan fingerprint density at radius 1 is 0.735 bits per heavy atom. The maximum atomic E-state index is 12.9. The molecule has 0 radical (unpaired) electrons. The number of rotatable bonds is 5. The quantitative estimate of drug-likeness (QED) is 0.311. The molecule has 34 heavy (non-hydrogen) atoms. The van der Waals surface area contributed by atoms with Gasteiger partial charge in [-0.15, -0.1) is 0 Å². The van der Waals surface area contributed by atoms with Gasteiger partial charge in [-0.2, -0.15) is 0 Å². The van der Waals surface area contributed by atoms with Gasteiger partial charge in [-0.25, -0.2) is 0 Å². The molecule has 3 amide bonds. The molecule has 7 nitrogen and oxygen atoms in total. The Labute approximate surface area is 204 Å². The van der Waals surface area contributed by atoms with Crippen molar-refractivity contribution in [1.82, 2.24) is 4.90 Å². The summed E-state index contributed by atoms with van der Waals surface area (Å²) in [6.45, 7) is 0.371. The summed E-state index contributed by atoms with van der Waals surface area (Å²) in [4.78, 5) is 40.8. The molecule has 0 saturated carbocycles. The summed E-state index contributed by atoms with van der Waals surface area (Å²) in [5.41, 5.74) is 3.25. The fourth-order valence-corrected chi connectivity index (χ4v) is 4.86. The summed E-state index contributed by atoms with van der Waals surface area (Å²) in [6.07, 6.45) is 0.348. The molecule has 3 aromatic carbocycles. The van der Waals surface area contributed by atoms with Gasteiger partial charge in [0.1, 0.15) is 0 Å². The van der Waals surface area contributed by atoms with Crippen molar-refractivity contribution in [3.8, 4) is 11.1 Å². The van der Waals surface area contributed by atoms with E-state index in [1.54, 1.807) is 60.7 Å². The lowest BCUT2D eigenvalue weighted by Gasteiger charge is -2.20. The summed E-state index contributed by atoms with van der Waals surface area (Å²) in [7, 11) is 0. The van der Waals surface area contributed by atoms with Gasteiger partial charge in [-0.05, 0) is 48.4 Å². The third-order valence-corrected chi connectivity index (χ3v) is 6.52. The van der Waals surface area contributed by atoms with Crippen LogP contribution in [0.2, 0.25) is 10.0 Å². The molecule has 5 rings (SSSR count). The van der Waals surface area contributed by atoms with Crippen LogP contribution in [0.1, 0.15) is 32.7 Å². The summed E-state index contributed by atoms with van der Waals surface area (Å²) >= 11 is 12.4. The molecule has 0 aromatic heterocycles. The van der Waals surface area contributed by atoms with Crippen LogP contribution in [-0.2, 0) is 4.79 Å². The number of imide groups is 1. The lowest BCUT2D eigenvalue weighted by atomic mass is 10.0. The van der Waals surface area contributed by atoms with Gasteiger partial charge in [0.25, 0.3) is 17.7 Å². The molecule has 2 aliphatic heterocycles. The van der Waals surface area contributed by atoms with E-state index in [4.69, 9.17) is 23.2 Å². The first-order chi connectivity index (χ1) is 16.4. The minimum absolute atomic E-state index is 0.0653. The highest BCUT2D eigenvalue weighted by Gasteiger charge is 2.37. The van der Waals surface area contributed by atoms with E-state index in [0.29, 0.717) is 38.8 Å². The van der Waals surface area contributed by atoms with Crippen LogP contribution in [-0.4, -0.2) is 46.6 Å². The summed E-state index contributed by atoms with van der Waals surface area (Å²) in [6, 6.07) is 17.1. The maximum absolute atomic E-state index is 12.9. The normalized spacial score (nSPS) is 15.9. The second kappa shape index (κ2) is 8.59. The molecule has 0 atom stereocenters. The number of hydrogen-bond donors (Lipinski definition) is 1. The van der Waals surface area contributed by atoms with Gasteiger partial charge in [0.05, 0.1) is 16.8 Å². The number of anilines is 1. The molecular formula is C25H17Cl2N3O4. The number of benzene rings is 3. The number of carbonyl (C=O) groups excluding carboxylic acids is 3. The average Bonchev–Trinajstić information content (AvgIpc) is 3.24. The van der Waals surface area contributed by atoms with E-state index in [1.165, 1.54) is 9.80 Å². The number of carbonyl (C=O) groups is 3. The Hall–Kier alpha value is -3.68. The van der Waals surface area contributed by atoms with Crippen molar-refractivity contribution in [3.05, 3.63) is 87.4 Å². The van der Waals surface area contributed by atoms with Gasteiger partial charge in [-0.1, -0.05) is 52.6 Å². The number of nitrogens with zero attached hydrogens (tertiary/aromatic N) is 3. The average molecular weight is 494 g/mol. The monoisotopic (exact) mass is 493 g/mol. The van der Waals surface area contributed by atoms with E-state index < -0.39 is 5.91 Å². The van der Waals surface area contributed by atoms with Crippen LogP contribution in [0.3, 0.4) is 0 Å². The van der Waals surface area contributed by atoms with Crippen LogP contribution in [0, 0.1) is 0 Å². The Morgan fingerprint density at radius 2 is 1.38 bits per heavy atom. The first-order valence-electron chi connectivity index (χ1n) is 10.5. The van der Waals surface area contributed by atoms with Crippen molar-refractivity contribution in [3.63, 3.8) is 0 Å². The largest absolute Gasteiger partial charge is 0.410 e. The summed E-state index contributed by atoms with van der Waals surface area (Å²) in [5, 5.41) is 13.6. The molecule has 9 heteroatoms. The smallest absolute Gasteiger partial charge is 0.281 e. The molecular weight excluding hydrogens is 477 g/mol. The van der Waals surface area contributed by atoms with Crippen molar-refractivity contribution in [2.24, 2.45) is 5.16 Å². The summed E-state index contributed by atoms with van der Waals surface area (Å²) in [5.74, 6) is -1.14. The lowest BCUT2D eigenvalue weighted by Crippen LogP contribution is -2.35. The highest BCUT2D eigenvalue weighted by Crippen LogP contribution is 2.37. The molecule has 0 aliphatic carbocycles. The highest BCUT2D eigenvalue weighted by molar-refractivity contribution is 6.54. The van der Waals surface area contributed by atoms with Crippen LogP contribution in [0.15, 0.2) is 65.8 Å². The van der Waals surface area contributed by atoms with Crippen molar-refractivity contribution in [2.45, 2.75) is 6.42 Å². The maximum Gasteiger partial charge on any atom is 0.281 e. The van der Waals surface area contributed by atoms with Gasteiger partial charge in [-0.3, -0.25) is 19.3 Å². The van der Waals surface area contributed by atoms with Crippen molar-refractivity contribution >= 4 is 52.3 Å². The van der Waals surface area contributed by atoms with E-state index in [9.17, 15) is 19.6 Å². The van der Waals surface area contributed by atoms with E-state index in [2.05, 4.69) is 5.16 Å². The second-order valence-electron chi connectivity index (χ2n) is 7.92. The Kier molecular flexibility index (Phi) is 5.59. The molecule has 170 valence electrons. The van der Waals surface area contributed by atoms with Crippen LogP contribution in [0.4, 0.5) is 5.69 Å². The molecule has 0 fully saturated rings. The number of hydrogen-bond acceptors (Lipinski definition) is 5. The van der Waals surface area contributed by atoms with Crippen LogP contribution < -0.4 is 4.90 Å². The minimum Gasteiger partial charge on any atom is -0.410 e. The predicted octanol–water partition coefficient (Wildman–Crippen LogP) is 4.87. The molecule has 2 heterocycles. The molecule has 0 saturated heterocycles. The van der Waals surface area contributed by atoms with Crippen molar-refractivity contribution in [1.29, 1.82) is 0 Å². The first-order valence-corrected chi connectivity index (χ1v) is 11.3. The van der Waals surface area contributed by atoms with Gasteiger partial charge in [0.15, 0.2) is 5.71 Å². The third kappa shape index (κ3) is 3.54. The third-order valence-electron chi connectivity index (χ3n) is 5.98. The number of amides is 3. The fraction of sp³-hybridized carbons (Fsp3) is 0.120. The minimum atomic E-state index is -0.459. The fourth-order valence-electron chi connectivity index (χ4n) is 4.35. The van der Waals surface area contributed by atoms with E-state index >= 15 is 0 Å². The van der Waals surface area contributed by atoms with E-state index in [1.807, 2.05) is 0 Å². The number of fused-ring (bicyclic) bond motifs is 2. The molecule has 0 spiro atoms. The highest BCUT2D eigenvalue weighted by atomic mass is 35.5. The molecule has 2 aliphatic rings. The van der Waals surface area contributed by atoms with Crippen molar-refractivity contribution in [2.75, 3.05) is 18.0 Å². The SMILES string of the molecule is O=C1c2ccccc2C(=O)N1CCCN1C(=O)/C(=N/O)c2ccc(-c3ccc(Cl)cc3Cl)cc21. The van der Waals surface area contributed by atoms with E-state index in [-0.39, 0.29) is 30.6 Å². The first kappa shape index (κ1) is 22.1. The van der Waals surface area contributed by atoms with Gasteiger partial charge < -0.3 is 10.1 Å². The van der Waals surface area contributed by atoms with E-state index in [0.717, 1.165) is 11.1 Å². The molecule has 3 aromatic rings. The van der Waals surface area contributed by atoms with Crippen LogP contribution >= 0.6 is 23.2 Å². The molecule has 0 unspecified atom stereocenters.